The Labute approximate surface area is 183 Å². The molecule has 0 radical (unpaired) electrons. The second kappa shape index (κ2) is 8.80. The molecule has 0 saturated heterocycles. The molecular formula is C22H13ClF3N3O3. The van der Waals surface area contributed by atoms with Gasteiger partial charge in [0.2, 0.25) is 0 Å². The predicted octanol–water partition coefficient (Wildman–Crippen LogP) is 4.49. The summed E-state index contributed by atoms with van der Waals surface area (Å²) < 4.78 is 48.8. The molecule has 0 aliphatic rings. The number of aldehydes is 1. The summed E-state index contributed by atoms with van der Waals surface area (Å²) in [6.45, 7) is -0.0727. The third-order valence-electron chi connectivity index (χ3n) is 4.54. The number of carbonyl (C=O) groups is 1. The summed E-state index contributed by atoms with van der Waals surface area (Å²) in [4.78, 5) is 31.8. The van der Waals surface area contributed by atoms with Crippen molar-refractivity contribution in [2.75, 3.05) is 6.61 Å². The van der Waals surface area contributed by atoms with Gasteiger partial charge in [-0.25, -0.2) is 13.2 Å². The van der Waals surface area contributed by atoms with E-state index in [1.807, 2.05) is 0 Å². The van der Waals surface area contributed by atoms with Gasteiger partial charge in [0, 0.05) is 23.4 Å². The van der Waals surface area contributed by atoms with Crippen LogP contribution in [0.1, 0.15) is 6.42 Å². The van der Waals surface area contributed by atoms with E-state index >= 15 is 0 Å². The predicted molar refractivity (Wildman–Crippen MR) is 112 cm³/mol. The molecule has 2 aromatic carbocycles. The number of carbonyl (C=O) groups excluding carboxylic acids is 1. The van der Waals surface area contributed by atoms with Crippen molar-refractivity contribution in [3.05, 3.63) is 81.4 Å². The highest BCUT2D eigenvalue weighted by Crippen LogP contribution is 2.34. The first-order valence-corrected chi connectivity index (χ1v) is 9.68. The van der Waals surface area contributed by atoms with Crippen LogP contribution in [0.25, 0.3) is 28.0 Å². The standard InChI is InChI=1S/C22H13ClF3N3O3/c23-15-11-12(24)5-6-13(15)19-14-7-8-18(31)29(20-16(25)3-1-4-17(20)26)21(14)28-22(27-19)32-10-2-9-30/h1,3-9,11H,2,10H2. The highest BCUT2D eigenvalue weighted by molar-refractivity contribution is 6.33. The van der Waals surface area contributed by atoms with Crippen molar-refractivity contribution in [3.63, 3.8) is 0 Å². The number of hydrogen-bond donors (Lipinski definition) is 0. The van der Waals surface area contributed by atoms with Crippen LogP contribution >= 0.6 is 11.6 Å². The monoisotopic (exact) mass is 459 g/mol. The van der Waals surface area contributed by atoms with Crippen molar-refractivity contribution in [1.82, 2.24) is 14.5 Å². The lowest BCUT2D eigenvalue weighted by atomic mass is 10.1. The highest BCUT2D eigenvalue weighted by atomic mass is 35.5. The minimum atomic E-state index is -0.983. The zero-order valence-corrected chi connectivity index (χ0v) is 16.9. The molecule has 0 amide bonds. The van der Waals surface area contributed by atoms with Crippen LogP contribution in [-0.4, -0.2) is 27.4 Å². The van der Waals surface area contributed by atoms with Gasteiger partial charge in [-0.15, -0.1) is 0 Å². The summed E-state index contributed by atoms with van der Waals surface area (Å²) in [5.74, 6) is -2.55. The molecule has 0 unspecified atom stereocenters. The van der Waals surface area contributed by atoms with E-state index < -0.39 is 28.7 Å². The zero-order chi connectivity index (χ0) is 22.8. The van der Waals surface area contributed by atoms with Crippen LogP contribution in [0.5, 0.6) is 6.01 Å². The summed E-state index contributed by atoms with van der Waals surface area (Å²) in [5, 5.41) is 0.224. The van der Waals surface area contributed by atoms with E-state index in [1.165, 1.54) is 12.1 Å². The Kier molecular flexibility index (Phi) is 5.91. The van der Waals surface area contributed by atoms with Gasteiger partial charge in [0.05, 0.1) is 17.3 Å². The molecule has 2 heterocycles. The maximum absolute atomic E-state index is 14.5. The molecule has 0 bridgehead atoms. The molecule has 0 aliphatic heterocycles. The van der Waals surface area contributed by atoms with E-state index in [0.717, 1.165) is 41.0 Å². The quantitative estimate of drug-likeness (QED) is 0.314. The Morgan fingerprint density at radius 2 is 1.78 bits per heavy atom. The van der Waals surface area contributed by atoms with E-state index in [9.17, 15) is 22.8 Å². The Bertz CT molecular complexity index is 1390. The number of pyridine rings is 1. The van der Waals surface area contributed by atoms with Gasteiger partial charge >= 0.3 is 6.01 Å². The van der Waals surface area contributed by atoms with E-state index in [1.54, 1.807) is 0 Å². The number of hydrogen-bond acceptors (Lipinski definition) is 5. The highest BCUT2D eigenvalue weighted by Gasteiger charge is 2.21. The minimum absolute atomic E-state index is 0.0127. The van der Waals surface area contributed by atoms with Gasteiger partial charge in [0.25, 0.3) is 5.56 Å². The molecule has 0 aliphatic carbocycles. The molecule has 32 heavy (non-hydrogen) atoms. The maximum Gasteiger partial charge on any atom is 0.319 e. The molecule has 162 valence electrons. The minimum Gasteiger partial charge on any atom is -0.463 e. The molecule has 2 aromatic heterocycles. The van der Waals surface area contributed by atoms with Gasteiger partial charge in [-0.05, 0) is 36.4 Å². The number of halogens is 4. The zero-order valence-electron chi connectivity index (χ0n) is 16.2. The van der Waals surface area contributed by atoms with Crippen molar-refractivity contribution in [2.24, 2.45) is 0 Å². The Hall–Kier alpha value is -3.72. The largest absolute Gasteiger partial charge is 0.463 e. The molecule has 0 spiro atoms. The van der Waals surface area contributed by atoms with E-state index in [4.69, 9.17) is 16.3 Å². The summed E-state index contributed by atoms with van der Waals surface area (Å²) in [6.07, 6.45) is 0.668. The van der Waals surface area contributed by atoms with Gasteiger partial charge in [0.15, 0.2) is 5.65 Å². The number of rotatable bonds is 6. The van der Waals surface area contributed by atoms with Crippen molar-refractivity contribution in [3.8, 4) is 23.0 Å². The lowest BCUT2D eigenvalue weighted by Gasteiger charge is -2.15. The first-order chi connectivity index (χ1) is 15.4. The third-order valence-corrected chi connectivity index (χ3v) is 4.86. The SMILES string of the molecule is O=CCCOc1nc(-c2ccc(F)cc2Cl)c2ccc(=O)n(-c3c(F)cccc3F)c2n1. The van der Waals surface area contributed by atoms with Crippen molar-refractivity contribution < 1.29 is 22.7 Å². The first-order valence-electron chi connectivity index (χ1n) is 9.30. The summed E-state index contributed by atoms with van der Waals surface area (Å²) in [6, 6.07) is 8.99. The Morgan fingerprint density at radius 1 is 1.03 bits per heavy atom. The van der Waals surface area contributed by atoms with Crippen LogP contribution in [0, 0.1) is 17.5 Å². The van der Waals surface area contributed by atoms with Crippen molar-refractivity contribution in [2.45, 2.75) is 6.42 Å². The third kappa shape index (κ3) is 3.94. The Balaban J connectivity index is 2.08. The van der Waals surface area contributed by atoms with Crippen molar-refractivity contribution in [1.29, 1.82) is 0 Å². The molecule has 10 heteroatoms. The van der Waals surface area contributed by atoms with E-state index in [2.05, 4.69) is 9.97 Å². The van der Waals surface area contributed by atoms with Crippen LogP contribution in [0.3, 0.4) is 0 Å². The molecule has 0 N–H and O–H groups in total. The van der Waals surface area contributed by atoms with E-state index in [0.29, 0.717) is 6.29 Å². The fourth-order valence-electron chi connectivity index (χ4n) is 3.16. The topological polar surface area (TPSA) is 74.1 Å². The Morgan fingerprint density at radius 3 is 2.47 bits per heavy atom. The molecule has 4 aromatic rings. The smallest absolute Gasteiger partial charge is 0.319 e. The van der Waals surface area contributed by atoms with Crippen molar-refractivity contribution >= 4 is 28.9 Å². The average molecular weight is 460 g/mol. The van der Waals surface area contributed by atoms with Gasteiger partial charge in [-0.3, -0.25) is 9.36 Å². The van der Waals surface area contributed by atoms with Crippen LogP contribution < -0.4 is 10.3 Å². The van der Waals surface area contributed by atoms with Gasteiger partial charge in [0.1, 0.15) is 29.4 Å². The lowest BCUT2D eigenvalue weighted by molar-refractivity contribution is -0.108. The number of nitrogens with zero attached hydrogens (tertiary/aromatic N) is 3. The summed E-state index contributed by atoms with van der Waals surface area (Å²) in [7, 11) is 0. The van der Waals surface area contributed by atoms with Crippen LogP contribution in [0.4, 0.5) is 13.2 Å². The molecule has 0 atom stereocenters. The lowest BCUT2D eigenvalue weighted by Crippen LogP contribution is -2.21. The number of fused-ring (bicyclic) bond motifs is 1. The first kappa shape index (κ1) is 21.5. The number of para-hydroxylation sites is 1. The second-order valence-corrected chi connectivity index (χ2v) is 7.00. The molecule has 6 nitrogen and oxygen atoms in total. The molecule has 4 rings (SSSR count). The number of benzene rings is 2. The number of aromatic nitrogens is 3. The van der Waals surface area contributed by atoms with Gasteiger partial charge < -0.3 is 9.53 Å². The molecule has 0 fully saturated rings. The summed E-state index contributed by atoms with van der Waals surface area (Å²) in [5.41, 5.74) is -1.12. The van der Waals surface area contributed by atoms with Crippen LogP contribution in [0.15, 0.2) is 53.3 Å². The van der Waals surface area contributed by atoms with Crippen LogP contribution in [0.2, 0.25) is 5.02 Å². The number of ether oxygens (including phenoxy) is 1. The van der Waals surface area contributed by atoms with Gasteiger partial charge in [-0.2, -0.15) is 9.97 Å². The summed E-state index contributed by atoms with van der Waals surface area (Å²) >= 11 is 6.21. The normalized spacial score (nSPS) is 11.0. The van der Waals surface area contributed by atoms with Gasteiger partial charge in [-0.1, -0.05) is 17.7 Å². The van der Waals surface area contributed by atoms with E-state index in [-0.39, 0.29) is 46.4 Å². The molecule has 0 saturated carbocycles. The second-order valence-electron chi connectivity index (χ2n) is 6.60. The fourth-order valence-corrected chi connectivity index (χ4v) is 3.42. The maximum atomic E-state index is 14.5. The van der Waals surface area contributed by atoms with Crippen LogP contribution in [-0.2, 0) is 4.79 Å². The average Bonchev–Trinajstić information content (AvgIpc) is 2.75. The molecular weight excluding hydrogens is 447 g/mol. The fraction of sp³-hybridized carbons (Fsp3) is 0.0909.